The standard InChI is InChI=1S/C26H24F2N6O/c1-18-4-2-3-5-23(18)32-25(30-17-29)33-14-15-34(24(16-33)19-6-8-20(27)9-7-19)26(35)31-22-12-10-21(28)11-13-22/h2-13,24H,14-16H2,1H3,(H,30,32)(H,31,35). The van der Waals surface area contributed by atoms with Crippen molar-refractivity contribution in [3.05, 3.63) is 95.6 Å². The largest absolute Gasteiger partial charge is 0.338 e. The number of halogens is 2. The number of aryl methyl sites for hydroxylation is 1. The van der Waals surface area contributed by atoms with E-state index in [1.807, 2.05) is 42.3 Å². The van der Waals surface area contributed by atoms with Crippen molar-refractivity contribution in [2.24, 2.45) is 4.99 Å². The molecule has 0 radical (unpaired) electrons. The van der Waals surface area contributed by atoms with Crippen molar-refractivity contribution in [1.29, 1.82) is 5.26 Å². The molecule has 35 heavy (non-hydrogen) atoms. The van der Waals surface area contributed by atoms with Crippen molar-refractivity contribution in [2.75, 3.05) is 25.0 Å². The van der Waals surface area contributed by atoms with Gasteiger partial charge in [0, 0.05) is 25.3 Å². The molecule has 3 aromatic carbocycles. The first-order valence-corrected chi connectivity index (χ1v) is 11.1. The number of amides is 2. The maximum absolute atomic E-state index is 13.6. The lowest BCUT2D eigenvalue weighted by molar-refractivity contribution is 0.135. The molecule has 1 atom stereocenters. The van der Waals surface area contributed by atoms with E-state index in [1.54, 1.807) is 17.0 Å². The van der Waals surface area contributed by atoms with Gasteiger partial charge in [-0.1, -0.05) is 30.3 Å². The topological polar surface area (TPSA) is 83.8 Å². The van der Waals surface area contributed by atoms with Crippen LogP contribution in [0.25, 0.3) is 0 Å². The van der Waals surface area contributed by atoms with E-state index >= 15 is 0 Å². The average molecular weight is 475 g/mol. The number of hydrogen-bond acceptors (Lipinski definition) is 3. The van der Waals surface area contributed by atoms with Crippen molar-refractivity contribution in [3.63, 3.8) is 0 Å². The van der Waals surface area contributed by atoms with Gasteiger partial charge >= 0.3 is 6.03 Å². The van der Waals surface area contributed by atoms with Gasteiger partial charge in [-0.15, -0.1) is 0 Å². The van der Waals surface area contributed by atoms with Crippen LogP contribution in [0.15, 0.2) is 77.8 Å². The monoisotopic (exact) mass is 474 g/mol. The van der Waals surface area contributed by atoms with Crippen LogP contribution in [0.2, 0.25) is 0 Å². The number of urea groups is 1. The zero-order chi connectivity index (χ0) is 24.8. The summed E-state index contributed by atoms with van der Waals surface area (Å²) in [6.07, 6.45) is 1.94. The van der Waals surface area contributed by atoms with Gasteiger partial charge in [-0.3, -0.25) is 5.32 Å². The molecule has 1 heterocycles. The molecule has 1 aliphatic rings. The maximum Gasteiger partial charge on any atom is 0.322 e. The summed E-state index contributed by atoms with van der Waals surface area (Å²) in [5.74, 6) is -0.407. The smallest absolute Gasteiger partial charge is 0.322 e. The second-order valence-corrected chi connectivity index (χ2v) is 8.10. The van der Waals surface area contributed by atoms with E-state index in [2.05, 4.69) is 15.6 Å². The molecule has 0 aliphatic carbocycles. The molecule has 0 bridgehead atoms. The summed E-state index contributed by atoms with van der Waals surface area (Å²) in [6, 6.07) is 18.2. The van der Waals surface area contributed by atoms with Gasteiger partial charge in [0.1, 0.15) is 11.6 Å². The number of anilines is 1. The summed E-state index contributed by atoms with van der Waals surface area (Å²) >= 11 is 0. The van der Waals surface area contributed by atoms with Gasteiger partial charge in [0.05, 0.1) is 11.7 Å². The molecule has 7 nitrogen and oxygen atoms in total. The Bertz CT molecular complexity index is 1250. The molecule has 1 saturated heterocycles. The molecule has 178 valence electrons. The number of piperazine rings is 1. The third kappa shape index (κ3) is 5.73. The third-order valence-corrected chi connectivity index (χ3v) is 5.80. The fourth-order valence-electron chi connectivity index (χ4n) is 3.95. The number of carbonyl (C=O) groups excluding carboxylic acids is 1. The number of benzene rings is 3. The van der Waals surface area contributed by atoms with E-state index in [1.165, 1.54) is 36.4 Å². The summed E-state index contributed by atoms with van der Waals surface area (Å²) < 4.78 is 26.9. The molecule has 1 fully saturated rings. The Morgan fingerprint density at radius 2 is 1.66 bits per heavy atom. The average Bonchev–Trinajstić information content (AvgIpc) is 2.86. The van der Waals surface area contributed by atoms with Crippen LogP contribution in [0.1, 0.15) is 17.2 Å². The van der Waals surface area contributed by atoms with Gasteiger partial charge < -0.3 is 15.1 Å². The van der Waals surface area contributed by atoms with Crippen LogP contribution in [0.5, 0.6) is 0 Å². The summed E-state index contributed by atoms with van der Waals surface area (Å²) in [7, 11) is 0. The number of nitrogens with one attached hydrogen (secondary N) is 2. The number of hydrogen-bond donors (Lipinski definition) is 2. The lowest BCUT2D eigenvalue weighted by atomic mass is 10.0. The number of aliphatic imine (C=N–C) groups is 1. The Labute approximate surface area is 202 Å². The first kappa shape index (κ1) is 23.7. The predicted molar refractivity (Wildman–Crippen MR) is 130 cm³/mol. The summed E-state index contributed by atoms with van der Waals surface area (Å²) in [5, 5.41) is 14.8. The van der Waals surface area contributed by atoms with E-state index in [-0.39, 0.29) is 11.8 Å². The van der Waals surface area contributed by atoms with Gasteiger partial charge in [-0.25, -0.2) is 18.6 Å². The molecule has 0 spiro atoms. The first-order chi connectivity index (χ1) is 16.9. The molecule has 0 saturated carbocycles. The number of guanidine groups is 1. The van der Waals surface area contributed by atoms with Gasteiger partial charge in [0.15, 0.2) is 6.19 Å². The van der Waals surface area contributed by atoms with Gasteiger partial charge in [-0.05, 0) is 60.5 Å². The van der Waals surface area contributed by atoms with E-state index in [9.17, 15) is 18.8 Å². The molecule has 1 unspecified atom stereocenters. The third-order valence-electron chi connectivity index (χ3n) is 5.80. The van der Waals surface area contributed by atoms with Crippen LogP contribution in [0.3, 0.4) is 0 Å². The highest BCUT2D eigenvalue weighted by Crippen LogP contribution is 2.28. The van der Waals surface area contributed by atoms with E-state index < -0.39 is 11.9 Å². The number of rotatable bonds is 3. The normalized spacial score (nSPS) is 15.9. The van der Waals surface area contributed by atoms with E-state index in [0.29, 0.717) is 31.3 Å². The Kier molecular flexibility index (Phi) is 7.21. The predicted octanol–water partition coefficient (Wildman–Crippen LogP) is 4.92. The van der Waals surface area contributed by atoms with Crippen LogP contribution in [-0.2, 0) is 0 Å². The SMILES string of the molecule is Cc1ccccc1N=C(NC#N)N1CCN(C(=O)Nc2ccc(F)cc2)C(c2ccc(F)cc2)C1. The highest BCUT2D eigenvalue weighted by Gasteiger charge is 2.33. The number of para-hydroxylation sites is 1. The Balaban J connectivity index is 1.62. The van der Waals surface area contributed by atoms with Crippen LogP contribution in [0, 0.1) is 30.0 Å². The highest BCUT2D eigenvalue weighted by atomic mass is 19.1. The molecular formula is C26H24F2N6O. The zero-order valence-corrected chi connectivity index (χ0v) is 19.1. The van der Waals surface area contributed by atoms with Crippen LogP contribution in [0.4, 0.5) is 25.0 Å². The van der Waals surface area contributed by atoms with Crippen LogP contribution < -0.4 is 10.6 Å². The van der Waals surface area contributed by atoms with Crippen molar-refractivity contribution in [3.8, 4) is 6.19 Å². The van der Waals surface area contributed by atoms with E-state index in [0.717, 1.165) is 16.8 Å². The van der Waals surface area contributed by atoms with Crippen molar-refractivity contribution >= 4 is 23.4 Å². The van der Waals surface area contributed by atoms with Crippen LogP contribution >= 0.6 is 0 Å². The maximum atomic E-state index is 13.6. The van der Waals surface area contributed by atoms with Crippen molar-refractivity contribution < 1.29 is 13.6 Å². The Hall–Kier alpha value is -4.45. The number of nitrogens with zero attached hydrogens (tertiary/aromatic N) is 4. The Morgan fingerprint density at radius 1 is 1.00 bits per heavy atom. The molecule has 1 aliphatic heterocycles. The van der Waals surface area contributed by atoms with Gasteiger partial charge in [0.25, 0.3) is 0 Å². The minimum atomic E-state index is -0.452. The van der Waals surface area contributed by atoms with Gasteiger partial charge in [0.2, 0.25) is 5.96 Å². The zero-order valence-electron chi connectivity index (χ0n) is 19.1. The first-order valence-electron chi connectivity index (χ1n) is 11.1. The number of nitriles is 1. The van der Waals surface area contributed by atoms with Gasteiger partial charge in [-0.2, -0.15) is 5.26 Å². The molecule has 2 N–H and O–H groups in total. The quantitative estimate of drug-likeness (QED) is 0.244. The fraction of sp³-hybridized carbons (Fsp3) is 0.192. The van der Waals surface area contributed by atoms with Crippen molar-refractivity contribution in [2.45, 2.75) is 13.0 Å². The minimum Gasteiger partial charge on any atom is -0.338 e. The Morgan fingerprint density at radius 3 is 2.31 bits per heavy atom. The second-order valence-electron chi connectivity index (χ2n) is 8.10. The second kappa shape index (κ2) is 10.7. The van der Waals surface area contributed by atoms with Crippen molar-refractivity contribution in [1.82, 2.24) is 15.1 Å². The highest BCUT2D eigenvalue weighted by molar-refractivity contribution is 5.90. The van der Waals surface area contributed by atoms with Crippen LogP contribution in [-0.4, -0.2) is 41.4 Å². The molecule has 0 aromatic heterocycles. The molecule has 9 heteroatoms. The number of carbonyl (C=O) groups is 1. The lowest BCUT2D eigenvalue weighted by Crippen LogP contribution is -2.55. The molecular weight excluding hydrogens is 450 g/mol. The molecule has 3 aromatic rings. The lowest BCUT2D eigenvalue weighted by Gasteiger charge is -2.42. The summed E-state index contributed by atoms with van der Waals surface area (Å²) in [5.41, 5.74) is 2.87. The van der Waals surface area contributed by atoms with E-state index in [4.69, 9.17) is 0 Å². The minimum absolute atomic E-state index is 0.314. The molecule has 2 amide bonds. The fourth-order valence-corrected chi connectivity index (χ4v) is 3.95. The molecule has 4 rings (SSSR count). The summed E-state index contributed by atoms with van der Waals surface area (Å²) in [6.45, 7) is 2.98. The summed E-state index contributed by atoms with van der Waals surface area (Å²) in [4.78, 5) is 21.4.